The van der Waals surface area contributed by atoms with E-state index in [0.29, 0.717) is 28.7 Å². The number of nitrogens with one attached hydrogen (secondary N) is 3. The van der Waals surface area contributed by atoms with Crippen LogP contribution < -0.4 is 20.7 Å². The van der Waals surface area contributed by atoms with Crippen molar-refractivity contribution in [1.29, 1.82) is 0 Å². The van der Waals surface area contributed by atoms with Crippen LogP contribution in [-0.2, 0) is 87.6 Å². The van der Waals surface area contributed by atoms with E-state index in [-0.39, 0.29) is 64.0 Å². The van der Waals surface area contributed by atoms with Gasteiger partial charge in [-0.2, -0.15) is 0 Å². The van der Waals surface area contributed by atoms with Crippen molar-refractivity contribution in [3.05, 3.63) is 133 Å². The maximum atomic E-state index is 14.9. The molecule has 3 aromatic carbocycles. The predicted octanol–water partition coefficient (Wildman–Crippen LogP) is 8.35. The lowest BCUT2D eigenvalue weighted by Gasteiger charge is -2.43. The zero-order valence-corrected chi connectivity index (χ0v) is 61.1. The number of carbonyl (C=O) groups is 9. The molecule has 102 heavy (non-hydrogen) atoms. The van der Waals surface area contributed by atoms with Gasteiger partial charge in [0.1, 0.15) is 66.7 Å². The van der Waals surface area contributed by atoms with Crippen molar-refractivity contribution >= 4 is 93.6 Å². The van der Waals surface area contributed by atoms with E-state index in [0.717, 1.165) is 81.7 Å². The number of halogens is 1. The number of ether oxygens (including phenoxy) is 10. The van der Waals surface area contributed by atoms with Crippen LogP contribution in [0.5, 0.6) is 5.75 Å². The van der Waals surface area contributed by atoms with E-state index in [1.165, 1.54) is 40.5 Å². The Labute approximate surface area is 602 Å². The summed E-state index contributed by atoms with van der Waals surface area (Å²) in [6.07, 6.45) is -8.98. The van der Waals surface area contributed by atoms with Crippen molar-refractivity contribution in [3.63, 3.8) is 0 Å². The summed E-state index contributed by atoms with van der Waals surface area (Å²) in [6.45, 7) is 18.8. The van der Waals surface area contributed by atoms with Crippen molar-refractivity contribution in [3.8, 4) is 21.2 Å². The molecule has 0 radical (unpaired) electrons. The number of hydrogen-bond acceptors (Lipinski definition) is 25. The number of thiophene rings is 1. The summed E-state index contributed by atoms with van der Waals surface area (Å²) in [7, 11) is 0. The fraction of sp³-hybridized carbons (Fsp3) is 0.479. The highest BCUT2D eigenvalue weighted by molar-refractivity contribution is 7.15. The third-order valence-corrected chi connectivity index (χ3v) is 19.3. The smallest absolute Gasteiger partial charge is 0.463 e. The van der Waals surface area contributed by atoms with Gasteiger partial charge in [0.25, 0.3) is 0 Å². The maximum absolute atomic E-state index is 14.9. The summed E-state index contributed by atoms with van der Waals surface area (Å²) in [5, 5.41) is 19.2. The minimum atomic E-state index is -1.51. The highest BCUT2D eigenvalue weighted by Crippen LogP contribution is 2.40. The van der Waals surface area contributed by atoms with Crippen LogP contribution in [0.25, 0.3) is 15.4 Å². The molecule has 28 nitrogen and oxygen atoms in total. The van der Waals surface area contributed by atoms with E-state index in [4.69, 9.17) is 64.0 Å². The van der Waals surface area contributed by atoms with E-state index in [2.05, 4.69) is 45.0 Å². The molecule has 3 N–H and O–H groups in total. The second-order valence-corrected chi connectivity index (χ2v) is 28.3. The highest BCUT2D eigenvalue weighted by atomic mass is 35.5. The largest absolute Gasteiger partial charge is 0.508 e. The van der Waals surface area contributed by atoms with Crippen molar-refractivity contribution in [2.75, 3.05) is 46.1 Å². The molecule has 10 atom stereocenters. The summed E-state index contributed by atoms with van der Waals surface area (Å²) in [4.78, 5) is 132. The third-order valence-electron chi connectivity index (χ3n) is 16.9. The summed E-state index contributed by atoms with van der Waals surface area (Å²) in [5.41, 5.74) is 7.59. The molecule has 0 spiro atoms. The molecule has 4 amide bonds. The Morgan fingerprint density at radius 1 is 0.745 bits per heavy atom. The molecule has 31 heteroatoms. The highest BCUT2D eigenvalue weighted by Gasteiger charge is 2.54. The Bertz CT molecular complexity index is 4040. The Morgan fingerprint density at radius 2 is 1.41 bits per heavy atom. The van der Waals surface area contributed by atoms with Crippen molar-refractivity contribution in [1.82, 2.24) is 40.6 Å². The zero-order valence-electron chi connectivity index (χ0n) is 58.7. The summed E-state index contributed by atoms with van der Waals surface area (Å²) in [6, 6.07) is 17.7. The molecule has 2 unspecified atom stereocenters. The first-order chi connectivity index (χ1) is 48.5. The van der Waals surface area contributed by atoms with Crippen LogP contribution >= 0.6 is 34.3 Å². The number of thiazole rings is 1. The first-order valence-electron chi connectivity index (χ1n) is 33.1. The molecule has 6 aromatic rings. The molecule has 6 heterocycles. The minimum absolute atomic E-state index is 0.00620. The number of rotatable bonds is 28. The monoisotopic (exact) mass is 1470 g/mol. The van der Waals surface area contributed by atoms with E-state index in [1.54, 1.807) is 37.6 Å². The number of aliphatic imine (C=N–C) groups is 1. The molecule has 0 saturated carbocycles. The fourth-order valence-electron chi connectivity index (χ4n) is 11.9. The van der Waals surface area contributed by atoms with Gasteiger partial charge in [0.15, 0.2) is 18.0 Å². The normalized spacial score (nSPS) is 19.9. The van der Waals surface area contributed by atoms with Crippen LogP contribution in [-0.4, -0.2) is 179 Å². The number of aromatic nitrogens is 4. The quantitative estimate of drug-likeness (QED) is 0.0236. The Balaban J connectivity index is 0.782. The predicted molar refractivity (Wildman–Crippen MR) is 372 cm³/mol. The molecule has 546 valence electrons. The van der Waals surface area contributed by atoms with Gasteiger partial charge in [0.05, 0.1) is 47.4 Å². The number of amides is 4. The SMILES string of the molecule is CC(=O)OCC1O[C@@H](Oc2ccc(COC(=O)O[C@@H]3C[C@@H](C(=O)N[C@@H](C)c4ccc(-c5scnc5C)cc4)N(C(=O)[C@@H](NC(=O)COCCCOCCNC(=O)C[C@@H]4N=C(c5ccc(Cl)cc5)c5c(sc(C)c5C)-n5c(C)nnc54)C(C)(C)C)C3)cc2)[C@@H](OC(C)=O)C(OC(C)=O)[C@H]1OC(C)=O. The molecule has 2 saturated heterocycles. The molecule has 2 fully saturated rings. The summed E-state index contributed by atoms with van der Waals surface area (Å²) in [5.74, 6) is -3.73. The van der Waals surface area contributed by atoms with E-state index in [9.17, 15) is 43.2 Å². The van der Waals surface area contributed by atoms with Gasteiger partial charge < -0.3 is 68.2 Å². The van der Waals surface area contributed by atoms with Gasteiger partial charge in [0.2, 0.25) is 36.0 Å². The topological polar surface area (TPSA) is 341 Å². The first-order valence-corrected chi connectivity index (χ1v) is 35.2. The fourth-order valence-corrected chi connectivity index (χ4v) is 14.0. The number of aryl methyl sites for hydroxylation is 3. The molecule has 3 aliphatic heterocycles. The third kappa shape index (κ3) is 19.9. The average molecular weight is 1470 g/mol. The Hall–Kier alpha value is -9.20. The van der Waals surface area contributed by atoms with E-state index < -0.39 is 127 Å². The first kappa shape index (κ1) is 77.0. The van der Waals surface area contributed by atoms with Crippen molar-refractivity contribution in [2.45, 2.75) is 170 Å². The number of benzene rings is 3. The lowest BCUT2D eigenvalue weighted by Crippen LogP contribution is -2.63. The second kappa shape index (κ2) is 34.6. The molecule has 9 rings (SSSR count). The van der Waals surface area contributed by atoms with Crippen LogP contribution in [0.15, 0.2) is 83.3 Å². The van der Waals surface area contributed by atoms with Gasteiger partial charge in [-0.05, 0) is 93.0 Å². The standard InChI is InChI=1S/C71H84ClN9O19S2/c1-37-40(4)102-68-58(37)59(48-20-22-50(72)23-21-48)76-53(65-79-78-41(5)81(65)68)31-56(86)73-26-29-91-27-13-28-92-35-57(87)77-64(71(10,11)12)67(89)80-32-52(30-54(80)66(88)75-38(2)47-16-18-49(19-17-47)63-39(3)74-36-101-63)99-70(90)94-33-46-14-24-51(25-15-46)98-69-62(97-45(9)85)61(96-44(8)84)60(95-43(7)83)55(100-69)34-93-42(6)82/h14-25,36,38,52-55,60-62,64,69H,13,26-35H2,1-12H3,(H,73,86)(H,75,88)(H,77,87)/t38-,52+,53-,54-,55?,60-,61?,62-,64+,69+/m0/s1. The van der Waals surface area contributed by atoms with Crippen molar-refractivity contribution < 1.29 is 90.5 Å². The zero-order chi connectivity index (χ0) is 73.7. The summed E-state index contributed by atoms with van der Waals surface area (Å²) < 4.78 is 58.6. The van der Waals surface area contributed by atoms with Crippen LogP contribution in [0, 0.1) is 33.1 Å². The molecule has 0 bridgehead atoms. The Kier molecular flexibility index (Phi) is 26.1. The Morgan fingerprint density at radius 3 is 2.07 bits per heavy atom. The van der Waals surface area contributed by atoms with Gasteiger partial charge in [-0.1, -0.05) is 80.9 Å². The lowest BCUT2D eigenvalue weighted by atomic mass is 9.85. The van der Waals surface area contributed by atoms with Crippen molar-refractivity contribution in [2.24, 2.45) is 10.4 Å². The molecular weight excluding hydrogens is 1380 g/mol. The van der Waals surface area contributed by atoms with Crippen LogP contribution in [0.1, 0.15) is 137 Å². The van der Waals surface area contributed by atoms with Crippen LogP contribution in [0.3, 0.4) is 0 Å². The number of esters is 4. The second-order valence-electron chi connectivity index (χ2n) is 25.8. The van der Waals surface area contributed by atoms with Gasteiger partial charge in [-0.3, -0.25) is 47.9 Å². The summed E-state index contributed by atoms with van der Waals surface area (Å²) >= 11 is 9.41. The van der Waals surface area contributed by atoms with Gasteiger partial charge in [-0.25, -0.2) is 9.78 Å². The maximum Gasteiger partial charge on any atom is 0.508 e. The van der Waals surface area contributed by atoms with Gasteiger partial charge in [0, 0.05) is 74.9 Å². The molecule has 0 aliphatic carbocycles. The number of hydrogen-bond donors (Lipinski definition) is 3. The number of carbonyl (C=O) groups excluding carboxylic acids is 9. The van der Waals surface area contributed by atoms with Gasteiger partial charge in [-0.15, -0.1) is 32.9 Å². The van der Waals surface area contributed by atoms with Crippen LogP contribution in [0.4, 0.5) is 4.79 Å². The van der Waals surface area contributed by atoms with Gasteiger partial charge >= 0.3 is 30.0 Å². The number of fused-ring (bicyclic) bond motifs is 3. The number of nitrogens with zero attached hydrogens (tertiary/aromatic N) is 6. The molecule has 3 aromatic heterocycles. The lowest BCUT2D eigenvalue weighted by molar-refractivity contribution is -0.288. The molecular formula is C71H84ClN9O19S2. The number of likely N-dealkylation sites (tertiary alicyclic amines) is 1. The minimum Gasteiger partial charge on any atom is -0.463 e. The van der Waals surface area contributed by atoms with E-state index in [1.807, 2.05) is 73.9 Å². The molecule has 3 aliphatic rings. The van der Waals surface area contributed by atoms with Crippen LogP contribution in [0.2, 0.25) is 5.02 Å². The average Bonchev–Trinajstić information content (AvgIpc) is 1.64. The van der Waals surface area contributed by atoms with E-state index >= 15 is 0 Å².